The molecule has 3 rings (SSSR count). The van der Waals surface area contributed by atoms with E-state index in [1.54, 1.807) is 12.1 Å². The number of carbonyl (C=O) groups is 2. The highest BCUT2D eigenvalue weighted by atomic mass is 19.1. The van der Waals surface area contributed by atoms with Crippen LogP contribution in [0.2, 0.25) is 0 Å². The number of nitrogens with one attached hydrogen (secondary N) is 2. The van der Waals surface area contributed by atoms with Crippen molar-refractivity contribution in [1.29, 1.82) is 0 Å². The van der Waals surface area contributed by atoms with Gasteiger partial charge in [0.1, 0.15) is 11.6 Å². The zero-order valence-corrected chi connectivity index (χ0v) is 18.1. The lowest BCUT2D eigenvalue weighted by molar-refractivity contribution is -0.131. The number of hydrogen-bond donors (Lipinski definition) is 2. The Bertz CT molecular complexity index is 911. The summed E-state index contributed by atoms with van der Waals surface area (Å²) in [6.45, 7) is 6.62. The van der Waals surface area contributed by atoms with Gasteiger partial charge in [-0.2, -0.15) is 0 Å². The van der Waals surface area contributed by atoms with Crippen molar-refractivity contribution in [3.05, 3.63) is 65.0 Å². The summed E-state index contributed by atoms with van der Waals surface area (Å²) in [7, 11) is 0. The fourth-order valence-electron chi connectivity index (χ4n) is 3.75. The average Bonchev–Trinajstić information content (AvgIpc) is 2.76. The summed E-state index contributed by atoms with van der Waals surface area (Å²) in [4.78, 5) is 26.6. The standard InChI is InChI=1S/C24H30FN3O3/c1-3-31-22-9-8-18(14-17(22)2)15-26-16-23(29)28-12-10-19(11-13-28)27-24(30)20-6-4-5-7-21(20)25/h4-9,14,19,26H,3,10-13,15-16H2,1-2H3,(H,27,30). The molecule has 0 aromatic heterocycles. The molecule has 166 valence electrons. The summed E-state index contributed by atoms with van der Waals surface area (Å²) in [5.74, 6) is -0.00886. The minimum absolute atomic E-state index is 0.0431. The molecule has 0 aliphatic carbocycles. The maximum absolute atomic E-state index is 13.8. The highest BCUT2D eigenvalue weighted by Gasteiger charge is 2.24. The molecule has 1 fully saturated rings. The molecule has 0 bridgehead atoms. The van der Waals surface area contributed by atoms with Crippen molar-refractivity contribution >= 4 is 11.8 Å². The van der Waals surface area contributed by atoms with Crippen LogP contribution < -0.4 is 15.4 Å². The second-order valence-corrected chi connectivity index (χ2v) is 7.74. The van der Waals surface area contributed by atoms with Gasteiger partial charge in [-0.3, -0.25) is 9.59 Å². The molecule has 1 aliphatic heterocycles. The van der Waals surface area contributed by atoms with Gasteiger partial charge in [0.2, 0.25) is 5.91 Å². The Kier molecular flexibility index (Phi) is 8.00. The largest absolute Gasteiger partial charge is 0.494 e. The van der Waals surface area contributed by atoms with Gasteiger partial charge in [0.15, 0.2) is 0 Å². The third kappa shape index (κ3) is 6.28. The maximum atomic E-state index is 13.8. The van der Waals surface area contributed by atoms with Crippen LogP contribution in [0.25, 0.3) is 0 Å². The van der Waals surface area contributed by atoms with E-state index in [4.69, 9.17) is 4.74 Å². The van der Waals surface area contributed by atoms with Crippen LogP contribution in [0.3, 0.4) is 0 Å². The molecule has 31 heavy (non-hydrogen) atoms. The molecule has 2 amide bonds. The highest BCUT2D eigenvalue weighted by molar-refractivity contribution is 5.94. The number of ether oxygens (including phenoxy) is 1. The molecule has 1 heterocycles. The van der Waals surface area contributed by atoms with Crippen LogP contribution in [-0.2, 0) is 11.3 Å². The second kappa shape index (κ2) is 10.9. The smallest absolute Gasteiger partial charge is 0.254 e. The van der Waals surface area contributed by atoms with Crippen molar-refractivity contribution in [3.63, 3.8) is 0 Å². The van der Waals surface area contributed by atoms with E-state index in [9.17, 15) is 14.0 Å². The van der Waals surface area contributed by atoms with Crippen LogP contribution in [0, 0.1) is 12.7 Å². The average molecular weight is 428 g/mol. The first kappa shape index (κ1) is 22.7. The Morgan fingerprint density at radius 1 is 1.16 bits per heavy atom. The molecule has 2 aromatic rings. The Labute approximate surface area is 182 Å². The number of aryl methyl sites for hydroxylation is 1. The number of piperidine rings is 1. The van der Waals surface area contributed by atoms with Crippen molar-refractivity contribution in [2.75, 3.05) is 26.2 Å². The van der Waals surface area contributed by atoms with Gasteiger partial charge in [-0.1, -0.05) is 24.3 Å². The van der Waals surface area contributed by atoms with Crippen molar-refractivity contribution < 1.29 is 18.7 Å². The van der Waals surface area contributed by atoms with Crippen LogP contribution in [0.1, 0.15) is 41.3 Å². The van der Waals surface area contributed by atoms with Crippen molar-refractivity contribution in [1.82, 2.24) is 15.5 Å². The van der Waals surface area contributed by atoms with E-state index < -0.39 is 11.7 Å². The van der Waals surface area contributed by atoms with E-state index in [0.29, 0.717) is 39.1 Å². The number of nitrogens with zero attached hydrogens (tertiary/aromatic N) is 1. The predicted octanol–water partition coefficient (Wildman–Crippen LogP) is 3.04. The van der Waals surface area contributed by atoms with Crippen LogP contribution in [0.15, 0.2) is 42.5 Å². The Morgan fingerprint density at radius 3 is 2.58 bits per heavy atom. The van der Waals surface area contributed by atoms with Crippen LogP contribution in [0.4, 0.5) is 4.39 Å². The fraction of sp³-hybridized carbons (Fsp3) is 0.417. The highest BCUT2D eigenvalue weighted by Crippen LogP contribution is 2.19. The third-order valence-corrected chi connectivity index (χ3v) is 5.45. The van der Waals surface area contributed by atoms with E-state index >= 15 is 0 Å². The molecule has 6 nitrogen and oxygen atoms in total. The van der Waals surface area contributed by atoms with Crippen molar-refractivity contribution in [2.45, 2.75) is 39.3 Å². The molecule has 1 aliphatic rings. The van der Waals surface area contributed by atoms with Gasteiger partial charge in [-0.25, -0.2) is 4.39 Å². The molecule has 0 spiro atoms. The van der Waals surface area contributed by atoms with Crippen LogP contribution in [-0.4, -0.2) is 49.0 Å². The van der Waals surface area contributed by atoms with Gasteiger partial charge in [0, 0.05) is 25.7 Å². The van der Waals surface area contributed by atoms with Crippen molar-refractivity contribution in [3.8, 4) is 5.75 Å². The first-order valence-corrected chi connectivity index (χ1v) is 10.7. The Morgan fingerprint density at radius 2 is 1.90 bits per heavy atom. The number of rotatable bonds is 8. The van der Waals surface area contributed by atoms with Gasteiger partial charge in [0.05, 0.1) is 18.7 Å². The quantitative estimate of drug-likeness (QED) is 0.679. The first-order valence-electron chi connectivity index (χ1n) is 10.7. The zero-order chi connectivity index (χ0) is 22.2. The van der Waals surface area contributed by atoms with Crippen molar-refractivity contribution in [2.24, 2.45) is 0 Å². The lowest BCUT2D eigenvalue weighted by Gasteiger charge is -2.32. The molecule has 0 atom stereocenters. The summed E-state index contributed by atoms with van der Waals surface area (Å²) < 4.78 is 19.3. The summed E-state index contributed by atoms with van der Waals surface area (Å²) in [5, 5.41) is 6.08. The monoisotopic (exact) mass is 427 g/mol. The number of likely N-dealkylation sites (tertiary alicyclic amines) is 1. The van der Waals surface area contributed by atoms with E-state index in [1.165, 1.54) is 12.1 Å². The van der Waals surface area contributed by atoms with Crippen LogP contribution >= 0.6 is 0 Å². The molecule has 0 unspecified atom stereocenters. The van der Waals surface area contributed by atoms with E-state index in [2.05, 4.69) is 16.7 Å². The normalized spacial score (nSPS) is 14.4. The van der Waals surface area contributed by atoms with Gasteiger partial charge in [0.25, 0.3) is 5.91 Å². The maximum Gasteiger partial charge on any atom is 0.254 e. The van der Waals surface area contributed by atoms with Gasteiger partial charge in [-0.05, 0) is 56.0 Å². The third-order valence-electron chi connectivity index (χ3n) is 5.45. The Hall–Kier alpha value is -2.93. The van der Waals surface area contributed by atoms with Crippen LogP contribution in [0.5, 0.6) is 5.75 Å². The molecule has 1 saturated heterocycles. The molecule has 0 radical (unpaired) electrons. The number of amides is 2. The number of benzene rings is 2. The van der Waals surface area contributed by atoms with Gasteiger partial charge in [-0.15, -0.1) is 0 Å². The molecule has 2 N–H and O–H groups in total. The van der Waals surface area contributed by atoms with Gasteiger partial charge >= 0.3 is 0 Å². The SMILES string of the molecule is CCOc1ccc(CNCC(=O)N2CCC(NC(=O)c3ccccc3F)CC2)cc1C. The molecular weight excluding hydrogens is 397 g/mol. The molecule has 7 heteroatoms. The molecular formula is C24H30FN3O3. The number of hydrogen-bond acceptors (Lipinski definition) is 4. The fourth-order valence-corrected chi connectivity index (χ4v) is 3.75. The molecule has 2 aromatic carbocycles. The van der Waals surface area contributed by atoms with E-state index in [0.717, 1.165) is 16.9 Å². The summed E-state index contributed by atoms with van der Waals surface area (Å²) in [6, 6.07) is 11.9. The second-order valence-electron chi connectivity index (χ2n) is 7.74. The lowest BCUT2D eigenvalue weighted by Crippen LogP contribution is -2.48. The topological polar surface area (TPSA) is 70.7 Å². The summed E-state index contributed by atoms with van der Waals surface area (Å²) in [5.41, 5.74) is 2.23. The minimum atomic E-state index is -0.526. The Balaban J connectivity index is 1.40. The van der Waals surface area contributed by atoms with Gasteiger partial charge < -0.3 is 20.3 Å². The summed E-state index contributed by atoms with van der Waals surface area (Å²) >= 11 is 0. The van der Waals surface area contributed by atoms with E-state index in [1.807, 2.05) is 30.9 Å². The lowest BCUT2D eigenvalue weighted by atomic mass is 10.0. The number of carbonyl (C=O) groups excluding carboxylic acids is 2. The number of halogens is 1. The first-order chi connectivity index (χ1) is 15.0. The van der Waals surface area contributed by atoms with E-state index in [-0.39, 0.29) is 24.1 Å². The predicted molar refractivity (Wildman–Crippen MR) is 118 cm³/mol. The summed E-state index contributed by atoms with van der Waals surface area (Å²) in [6.07, 6.45) is 1.31. The minimum Gasteiger partial charge on any atom is -0.494 e. The molecule has 0 saturated carbocycles. The zero-order valence-electron chi connectivity index (χ0n) is 18.1.